The lowest BCUT2D eigenvalue weighted by atomic mass is 10.1. The number of aromatic nitrogens is 3. The second-order valence-electron chi connectivity index (χ2n) is 6.16. The summed E-state index contributed by atoms with van der Waals surface area (Å²) < 4.78 is 29.0. The molecule has 0 unspecified atom stereocenters. The maximum atomic E-state index is 11.8. The molecule has 0 spiro atoms. The number of anilines is 1. The number of nitrogens with zero attached hydrogens (tertiary/aromatic N) is 4. The Hall–Kier alpha value is -1.80. The Labute approximate surface area is 142 Å². The molecule has 0 amide bonds. The maximum Gasteiger partial charge on any atom is 0.247 e. The summed E-state index contributed by atoms with van der Waals surface area (Å²) in [5, 5.41) is 0.611. The van der Waals surface area contributed by atoms with Crippen LogP contribution in [-0.4, -0.2) is 49.8 Å². The molecule has 8 heteroatoms. The van der Waals surface area contributed by atoms with Gasteiger partial charge in [0.05, 0.1) is 11.8 Å². The van der Waals surface area contributed by atoms with Crippen molar-refractivity contribution in [3.63, 3.8) is 0 Å². The second kappa shape index (κ2) is 6.60. The van der Waals surface area contributed by atoms with Gasteiger partial charge in [-0.3, -0.25) is 0 Å². The number of piperidine rings is 1. The van der Waals surface area contributed by atoms with Gasteiger partial charge in [0.25, 0.3) is 0 Å². The lowest BCUT2D eigenvalue weighted by molar-refractivity contribution is 0.116. The second-order valence-corrected chi connectivity index (χ2v) is 8.07. The van der Waals surface area contributed by atoms with Crippen molar-refractivity contribution < 1.29 is 13.2 Å². The van der Waals surface area contributed by atoms with Crippen LogP contribution < -0.4 is 4.90 Å². The van der Waals surface area contributed by atoms with Crippen molar-refractivity contribution in [3.05, 3.63) is 18.0 Å². The van der Waals surface area contributed by atoms with Crippen LogP contribution in [0.5, 0.6) is 0 Å². The third-order valence-electron chi connectivity index (χ3n) is 4.30. The molecule has 7 nitrogen and oxygen atoms in total. The van der Waals surface area contributed by atoms with Crippen molar-refractivity contribution in [1.82, 2.24) is 15.0 Å². The summed E-state index contributed by atoms with van der Waals surface area (Å²) in [5.41, 5.74) is 1.38. The van der Waals surface area contributed by atoms with Gasteiger partial charge in [-0.2, -0.15) is 0 Å². The normalized spacial score (nSPS) is 17.2. The van der Waals surface area contributed by atoms with E-state index in [-0.39, 0.29) is 11.3 Å². The first kappa shape index (κ1) is 17.0. The fourth-order valence-corrected chi connectivity index (χ4v) is 3.36. The van der Waals surface area contributed by atoms with Crippen molar-refractivity contribution in [2.45, 2.75) is 37.4 Å². The Balaban J connectivity index is 2.21. The van der Waals surface area contributed by atoms with Crippen LogP contribution in [0.1, 0.15) is 38.0 Å². The summed E-state index contributed by atoms with van der Waals surface area (Å²) >= 11 is 0. The number of rotatable bonds is 4. The van der Waals surface area contributed by atoms with E-state index in [1.807, 2.05) is 13.0 Å². The standard InChI is InChI=1S/C16H22N4O3S/c1-11(23-2)13-9-12-10-17-16(24(3,21)22)19-14(12)15(18-13)20-7-5-4-6-8-20/h9-11H,4-8H2,1-3H3/t11-/m1/s1. The van der Waals surface area contributed by atoms with Crippen LogP contribution in [0.2, 0.25) is 0 Å². The van der Waals surface area contributed by atoms with Gasteiger partial charge in [0.2, 0.25) is 15.0 Å². The zero-order valence-corrected chi connectivity index (χ0v) is 15.0. The van der Waals surface area contributed by atoms with Crippen LogP contribution in [-0.2, 0) is 14.6 Å². The highest BCUT2D eigenvalue weighted by molar-refractivity contribution is 7.90. The van der Waals surface area contributed by atoms with Crippen LogP contribution in [0.25, 0.3) is 10.9 Å². The van der Waals surface area contributed by atoms with Gasteiger partial charge in [-0.1, -0.05) is 0 Å². The average Bonchev–Trinajstić information content (AvgIpc) is 2.59. The first-order valence-electron chi connectivity index (χ1n) is 8.05. The topological polar surface area (TPSA) is 85.3 Å². The predicted molar refractivity (Wildman–Crippen MR) is 91.9 cm³/mol. The highest BCUT2D eigenvalue weighted by Gasteiger charge is 2.21. The maximum absolute atomic E-state index is 11.8. The molecule has 3 rings (SSSR count). The number of fused-ring (bicyclic) bond motifs is 1. The summed E-state index contributed by atoms with van der Waals surface area (Å²) in [6.45, 7) is 3.72. The molecule has 1 atom stereocenters. The average molecular weight is 350 g/mol. The van der Waals surface area contributed by atoms with Crippen LogP contribution in [0.15, 0.2) is 17.4 Å². The van der Waals surface area contributed by atoms with Crippen molar-refractivity contribution in [1.29, 1.82) is 0 Å². The Kier molecular flexibility index (Phi) is 4.69. The smallest absolute Gasteiger partial charge is 0.247 e. The molecule has 2 aromatic rings. The van der Waals surface area contributed by atoms with Gasteiger partial charge in [0.15, 0.2) is 5.82 Å². The molecule has 24 heavy (non-hydrogen) atoms. The zero-order valence-electron chi connectivity index (χ0n) is 14.2. The van der Waals surface area contributed by atoms with Crippen molar-refractivity contribution in [2.24, 2.45) is 0 Å². The Bertz CT molecular complexity index is 848. The molecular weight excluding hydrogens is 328 g/mol. The summed E-state index contributed by atoms with van der Waals surface area (Å²) in [6, 6.07) is 1.86. The minimum Gasteiger partial charge on any atom is -0.375 e. The molecule has 0 radical (unpaired) electrons. The molecule has 1 saturated heterocycles. The first-order chi connectivity index (χ1) is 11.4. The van der Waals surface area contributed by atoms with Gasteiger partial charge >= 0.3 is 0 Å². The van der Waals surface area contributed by atoms with Gasteiger partial charge in [-0.25, -0.2) is 23.4 Å². The first-order valence-corrected chi connectivity index (χ1v) is 9.95. The van der Waals surface area contributed by atoms with E-state index in [0.29, 0.717) is 5.52 Å². The van der Waals surface area contributed by atoms with Crippen molar-refractivity contribution >= 4 is 26.6 Å². The largest absolute Gasteiger partial charge is 0.375 e. The summed E-state index contributed by atoms with van der Waals surface area (Å²) in [4.78, 5) is 15.2. The van der Waals surface area contributed by atoms with Crippen LogP contribution in [0.3, 0.4) is 0 Å². The van der Waals surface area contributed by atoms with Gasteiger partial charge in [0, 0.05) is 38.0 Å². The molecule has 0 saturated carbocycles. The summed E-state index contributed by atoms with van der Waals surface area (Å²) in [6.07, 6.45) is 5.90. The van der Waals surface area contributed by atoms with E-state index in [9.17, 15) is 8.42 Å². The fraction of sp³-hybridized carbons (Fsp3) is 0.562. The Morgan fingerprint density at radius 1 is 1.21 bits per heavy atom. The lowest BCUT2D eigenvalue weighted by Crippen LogP contribution is -2.31. The number of hydrogen-bond donors (Lipinski definition) is 0. The summed E-state index contributed by atoms with van der Waals surface area (Å²) in [7, 11) is -1.83. The SMILES string of the molecule is CO[C@H](C)c1cc2cnc(S(C)(=O)=O)nc2c(N2CCCCC2)n1. The molecule has 1 aliphatic heterocycles. The van der Waals surface area contributed by atoms with E-state index in [1.54, 1.807) is 13.3 Å². The van der Waals surface area contributed by atoms with Gasteiger partial charge in [-0.05, 0) is 32.3 Å². The molecule has 130 valence electrons. The Morgan fingerprint density at radius 3 is 2.54 bits per heavy atom. The van der Waals surface area contributed by atoms with E-state index >= 15 is 0 Å². The number of hydrogen-bond acceptors (Lipinski definition) is 7. The summed E-state index contributed by atoms with van der Waals surface area (Å²) in [5.74, 6) is 0.721. The highest BCUT2D eigenvalue weighted by Crippen LogP contribution is 2.29. The minimum atomic E-state index is -3.47. The molecule has 0 aliphatic carbocycles. The fourth-order valence-electron chi connectivity index (χ4n) is 2.86. The molecule has 3 heterocycles. The van der Waals surface area contributed by atoms with Crippen LogP contribution in [0, 0.1) is 0 Å². The molecule has 0 aromatic carbocycles. The van der Waals surface area contributed by atoms with E-state index in [2.05, 4.69) is 14.9 Å². The van der Waals surface area contributed by atoms with E-state index in [4.69, 9.17) is 9.72 Å². The van der Waals surface area contributed by atoms with Crippen molar-refractivity contribution in [3.8, 4) is 0 Å². The van der Waals surface area contributed by atoms with E-state index in [1.165, 1.54) is 6.42 Å². The third kappa shape index (κ3) is 3.34. The number of methoxy groups -OCH3 is 1. The number of ether oxygens (including phenoxy) is 1. The lowest BCUT2D eigenvalue weighted by Gasteiger charge is -2.29. The van der Waals surface area contributed by atoms with Crippen LogP contribution in [0.4, 0.5) is 5.82 Å². The molecule has 1 aliphatic rings. The van der Waals surface area contributed by atoms with E-state index < -0.39 is 9.84 Å². The predicted octanol–water partition coefficient (Wildman–Crippen LogP) is 2.13. The quantitative estimate of drug-likeness (QED) is 0.781. The highest BCUT2D eigenvalue weighted by atomic mass is 32.2. The molecule has 1 fully saturated rings. The monoisotopic (exact) mass is 350 g/mol. The molecule has 2 aromatic heterocycles. The van der Waals surface area contributed by atoms with Gasteiger partial charge < -0.3 is 9.64 Å². The third-order valence-corrected chi connectivity index (χ3v) is 5.16. The van der Waals surface area contributed by atoms with Crippen LogP contribution >= 0.6 is 0 Å². The minimum absolute atomic E-state index is 0.160. The molecule has 0 bridgehead atoms. The molecular formula is C16H22N4O3S. The van der Waals surface area contributed by atoms with Gasteiger partial charge in [-0.15, -0.1) is 0 Å². The van der Waals surface area contributed by atoms with Gasteiger partial charge in [0.1, 0.15) is 5.52 Å². The Morgan fingerprint density at radius 2 is 1.92 bits per heavy atom. The number of sulfone groups is 1. The van der Waals surface area contributed by atoms with E-state index in [0.717, 1.165) is 49.1 Å². The molecule has 0 N–H and O–H groups in total. The zero-order chi connectivity index (χ0) is 17.3. The van der Waals surface area contributed by atoms with Crippen molar-refractivity contribution in [2.75, 3.05) is 31.4 Å². The number of pyridine rings is 1.